The molecule has 0 bridgehead atoms. The van der Waals surface area contributed by atoms with Crippen LogP contribution in [0.1, 0.15) is 55.2 Å². The minimum Gasteiger partial charge on any atom is -0.336 e. The van der Waals surface area contributed by atoms with Gasteiger partial charge < -0.3 is 4.90 Å². The number of carbonyl (C=O) groups is 1. The highest BCUT2D eigenvalue weighted by atomic mass is 16.2. The number of fused-ring (bicyclic) bond motifs is 1. The zero-order valence-electron chi connectivity index (χ0n) is 17.2. The van der Waals surface area contributed by atoms with Gasteiger partial charge in [0.25, 0.3) is 0 Å². The van der Waals surface area contributed by atoms with Crippen LogP contribution in [-0.2, 0) is 24.3 Å². The van der Waals surface area contributed by atoms with Gasteiger partial charge in [-0.25, -0.2) is 0 Å². The molecule has 2 aliphatic heterocycles. The monoisotopic (exact) mass is 389 g/mol. The van der Waals surface area contributed by atoms with Gasteiger partial charge in [0.05, 0.1) is 0 Å². The van der Waals surface area contributed by atoms with Gasteiger partial charge in [0.2, 0.25) is 5.91 Å². The zero-order chi connectivity index (χ0) is 19.7. The summed E-state index contributed by atoms with van der Waals surface area (Å²) in [6, 6.07) is 13.0. The summed E-state index contributed by atoms with van der Waals surface area (Å²) < 4.78 is 0. The molecule has 2 aromatic rings. The van der Waals surface area contributed by atoms with Crippen LogP contribution in [0.3, 0.4) is 0 Å². The Morgan fingerprint density at radius 3 is 2.59 bits per heavy atom. The maximum absolute atomic E-state index is 13.5. The summed E-state index contributed by atoms with van der Waals surface area (Å²) in [7, 11) is 0. The summed E-state index contributed by atoms with van der Waals surface area (Å²) in [6.07, 6.45) is 11.8. The number of aromatic nitrogens is 1. The average Bonchev–Trinajstić information content (AvgIpc) is 3.36. The van der Waals surface area contributed by atoms with Crippen molar-refractivity contribution >= 4 is 5.91 Å². The summed E-state index contributed by atoms with van der Waals surface area (Å²) in [5, 5.41) is 0. The molecule has 0 N–H and O–H groups in total. The van der Waals surface area contributed by atoms with Crippen molar-refractivity contribution in [1.29, 1.82) is 0 Å². The molecule has 1 aromatic heterocycles. The van der Waals surface area contributed by atoms with Crippen molar-refractivity contribution in [3.63, 3.8) is 0 Å². The van der Waals surface area contributed by atoms with Gasteiger partial charge in [-0.3, -0.25) is 14.7 Å². The fourth-order valence-electron chi connectivity index (χ4n) is 5.83. The fourth-order valence-corrected chi connectivity index (χ4v) is 5.83. The van der Waals surface area contributed by atoms with Crippen LogP contribution < -0.4 is 0 Å². The van der Waals surface area contributed by atoms with Crippen molar-refractivity contribution in [2.45, 2.75) is 63.6 Å². The lowest BCUT2D eigenvalue weighted by Gasteiger charge is -2.41. The van der Waals surface area contributed by atoms with Crippen LogP contribution >= 0.6 is 0 Å². The van der Waals surface area contributed by atoms with Gasteiger partial charge in [-0.1, -0.05) is 37.1 Å². The second-order valence-electron chi connectivity index (χ2n) is 9.23. The topological polar surface area (TPSA) is 36.4 Å². The highest BCUT2D eigenvalue weighted by molar-refractivity contribution is 5.79. The molecule has 29 heavy (non-hydrogen) atoms. The standard InChI is InChI=1S/C25H31N3O/c29-24(21-6-1-2-7-21)27-18-23-9-4-3-8-22(23)16-25(19-27)12-5-15-28(25)17-20-10-13-26-14-11-20/h3-4,8-11,13-14,21H,1-2,5-7,12,15-19H2. The van der Waals surface area contributed by atoms with Crippen LogP contribution in [0.4, 0.5) is 0 Å². The Morgan fingerprint density at radius 1 is 1.03 bits per heavy atom. The lowest BCUT2D eigenvalue weighted by atomic mass is 9.87. The van der Waals surface area contributed by atoms with Crippen molar-refractivity contribution in [1.82, 2.24) is 14.8 Å². The van der Waals surface area contributed by atoms with E-state index < -0.39 is 0 Å². The van der Waals surface area contributed by atoms with E-state index in [1.54, 1.807) is 0 Å². The highest BCUT2D eigenvalue weighted by Crippen LogP contribution is 2.39. The number of rotatable bonds is 3. The number of amides is 1. The van der Waals surface area contributed by atoms with E-state index in [9.17, 15) is 4.79 Å². The lowest BCUT2D eigenvalue weighted by Crippen LogP contribution is -2.53. The molecule has 3 aliphatic rings. The molecule has 1 saturated carbocycles. The summed E-state index contributed by atoms with van der Waals surface area (Å²) in [5.74, 6) is 0.640. The minimum atomic E-state index is 0.0458. The van der Waals surface area contributed by atoms with Crippen molar-refractivity contribution in [2.75, 3.05) is 13.1 Å². The molecule has 4 nitrogen and oxygen atoms in total. The molecular formula is C25H31N3O. The number of pyridine rings is 1. The number of nitrogens with zero attached hydrogens (tertiary/aromatic N) is 3. The normalized spacial score (nSPS) is 25.3. The largest absolute Gasteiger partial charge is 0.336 e. The predicted molar refractivity (Wildman–Crippen MR) is 114 cm³/mol. The van der Waals surface area contributed by atoms with Gasteiger partial charge >= 0.3 is 0 Å². The van der Waals surface area contributed by atoms with E-state index in [-0.39, 0.29) is 11.5 Å². The first-order chi connectivity index (χ1) is 14.2. The SMILES string of the molecule is O=C(C1CCCC1)N1Cc2ccccc2CC2(CCCN2Cc2ccncc2)C1. The Labute approximate surface area is 173 Å². The number of benzene rings is 1. The van der Waals surface area contributed by atoms with E-state index in [1.165, 1.54) is 42.4 Å². The number of likely N-dealkylation sites (tertiary alicyclic amines) is 1. The third kappa shape index (κ3) is 3.71. The molecule has 1 aliphatic carbocycles. The lowest BCUT2D eigenvalue weighted by molar-refractivity contribution is -0.137. The van der Waals surface area contributed by atoms with Crippen LogP contribution in [0.5, 0.6) is 0 Å². The molecular weight excluding hydrogens is 358 g/mol. The van der Waals surface area contributed by atoms with Gasteiger partial charge in [0, 0.05) is 43.5 Å². The molecule has 1 aromatic carbocycles. The summed E-state index contributed by atoms with van der Waals surface area (Å²) in [6.45, 7) is 3.69. The Hall–Kier alpha value is -2.20. The van der Waals surface area contributed by atoms with E-state index in [0.29, 0.717) is 5.91 Å². The van der Waals surface area contributed by atoms with Crippen molar-refractivity contribution < 1.29 is 4.79 Å². The van der Waals surface area contributed by atoms with Gasteiger partial charge in [-0.2, -0.15) is 0 Å². The first kappa shape index (κ1) is 18.8. The van der Waals surface area contributed by atoms with Crippen molar-refractivity contribution in [3.05, 3.63) is 65.5 Å². The van der Waals surface area contributed by atoms with E-state index in [0.717, 1.165) is 45.4 Å². The summed E-state index contributed by atoms with van der Waals surface area (Å²) in [5.41, 5.74) is 4.12. The molecule has 1 spiro atoms. The molecule has 3 heterocycles. The molecule has 1 atom stereocenters. The quantitative estimate of drug-likeness (QED) is 0.790. The first-order valence-corrected chi connectivity index (χ1v) is 11.2. The molecule has 152 valence electrons. The predicted octanol–water partition coefficient (Wildman–Crippen LogP) is 4.19. The van der Waals surface area contributed by atoms with Gasteiger partial charge in [-0.15, -0.1) is 0 Å². The molecule has 1 amide bonds. The second-order valence-corrected chi connectivity index (χ2v) is 9.23. The van der Waals surface area contributed by atoms with E-state index in [2.05, 4.69) is 51.2 Å². The zero-order valence-corrected chi connectivity index (χ0v) is 17.2. The molecule has 0 radical (unpaired) electrons. The van der Waals surface area contributed by atoms with Crippen LogP contribution in [0.15, 0.2) is 48.8 Å². The maximum atomic E-state index is 13.5. The number of carbonyl (C=O) groups excluding carboxylic acids is 1. The third-order valence-electron chi connectivity index (χ3n) is 7.36. The molecule has 1 unspecified atom stereocenters. The van der Waals surface area contributed by atoms with Crippen molar-refractivity contribution in [3.8, 4) is 0 Å². The molecule has 5 rings (SSSR count). The average molecular weight is 390 g/mol. The Bertz CT molecular complexity index is 861. The summed E-state index contributed by atoms with van der Waals surface area (Å²) in [4.78, 5) is 22.5. The summed E-state index contributed by atoms with van der Waals surface area (Å²) >= 11 is 0. The molecule has 4 heteroatoms. The maximum Gasteiger partial charge on any atom is 0.226 e. The number of hydrogen-bond acceptors (Lipinski definition) is 3. The number of hydrogen-bond donors (Lipinski definition) is 0. The Morgan fingerprint density at radius 2 is 1.79 bits per heavy atom. The van der Waals surface area contributed by atoms with Gasteiger partial charge in [-0.05, 0) is 67.5 Å². The molecule has 1 saturated heterocycles. The van der Waals surface area contributed by atoms with E-state index in [4.69, 9.17) is 0 Å². The smallest absolute Gasteiger partial charge is 0.226 e. The van der Waals surface area contributed by atoms with E-state index >= 15 is 0 Å². The minimum absolute atomic E-state index is 0.0458. The van der Waals surface area contributed by atoms with Gasteiger partial charge in [0.15, 0.2) is 0 Å². The second kappa shape index (κ2) is 7.91. The first-order valence-electron chi connectivity index (χ1n) is 11.2. The molecule has 2 fully saturated rings. The highest BCUT2D eigenvalue weighted by Gasteiger charge is 2.45. The Balaban J connectivity index is 1.48. The fraction of sp³-hybridized carbons (Fsp3) is 0.520. The van der Waals surface area contributed by atoms with Crippen LogP contribution in [0.2, 0.25) is 0 Å². The van der Waals surface area contributed by atoms with Crippen LogP contribution in [-0.4, -0.2) is 39.3 Å². The van der Waals surface area contributed by atoms with Gasteiger partial charge in [0.1, 0.15) is 0 Å². The van der Waals surface area contributed by atoms with Crippen LogP contribution in [0.25, 0.3) is 0 Å². The van der Waals surface area contributed by atoms with Crippen molar-refractivity contribution in [2.24, 2.45) is 5.92 Å². The van der Waals surface area contributed by atoms with Crippen LogP contribution in [0, 0.1) is 5.92 Å². The Kier molecular flexibility index (Phi) is 5.13. The third-order valence-corrected chi connectivity index (χ3v) is 7.36. The van der Waals surface area contributed by atoms with E-state index in [1.807, 2.05) is 12.4 Å².